The lowest BCUT2D eigenvalue weighted by molar-refractivity contribution is -0.0390. The number of rotatable bonds is 12. The van der Waals surface area contributed by atoms with E-state index >= 15 is 0 Å². The van der Waals surface area contributed by atoms with Crippen LogP contribution in [0.4, 0.5) is 0 Å². The summed E-state index contributed by atoms with van der Waals surface area (Å²) in [5.74, 6) is 1.67. The third kappa shape index (κ3) is 9.12. The molecule has 1 aromatic carbocycles. The Morgan fingerprint density at radius 1 is 1.10 bits per heavy atom. The van der Waals surface area contributed by atoms with Crippen molar-refractivity contribution in [3.8, 4) is 0 Å². The van der Waals surface area contributed by atoms with Crippen molar-refractivity contribution in [3.63, 3.8) is 0 Å². The maximum absolute atomic E-state index is 6.04. The van der Waals surface area contributed by atoms with Crippen molar-refractivity contribution in [2.75, 3.05) is 32.9 Å². The van der Waals surface area contributed by atoms with E-state index < -0.39 is 0 Å². The molecule has 3 rings (SSSR count). The SMILES string of the molecule is CCNC(=NCc1cccc(COC2CCOCC2)c1)NCCCOCc1ccco1. The van der Waals surface area contributed by atoms with E-state index in [9.17, 15) is 0 Å². The number of nitrogens with one attached hydrogen (secondary N) is 2. The average molecular weight is 430 g/mol. The van der Waals surface area contributed by atoms with Crippen LogP contribution in [0.25, 0.3) is 0 Å². The van der Waals surface area contributed by atoms with Gasteiger partial charge in [0.15, 0.2) is 5.96 Å². The van der Waals surface area contributed by atoms with Gasteiger partial charge in [0.2, 0.25) is 0 Å². The van der Waals surface area contributed by atoms with E-state index in [0.29, 0.717) is 32.5 Å². The Morgan fingerprint density at radius 3 is 2.77 bits per heavy atom. The van der Waals surface area contributed by atoms with Gasteiger partial charge in [0.25, 0.3) is 0 Å². The number of furan rings is 1. The van der Waals surface area contributed by atoms with Gasteiger partial charge in [-0.3, -0.25) is 0 Å². The number of ether oxygens (including phenoxy) is 3. The van der Waals surface area contributed by atoms with Crippen LogP contribution in [0.3, 0.4) is 0 Å². The molecule has 31 heavy (non-hydrogen) atoms. The lowest BCUT2D eigenvalue weighted by Crippen LogP contribution is -2.38. The number of benzene rings is 1. The molecular formula is C24H35N3O4. The molecule has 1 fully saturated rings. The van der Waals surface area contributed by atoms with Crippen molar-refractivity contribution in [1.82, 2.24) is 10.6 Å². The predicted molar refractivity (Wildman–Crippen MR) is 121 cm³/mol. The van der Waals surface area contributed by atoms with E-state index in [1.165, 1.54) is 11.1 Å². The fourth-order valence-electron chi connectivity index (χ4n) is 3.34. The Hall–Kier alpha value is -2.35. The molecule has 0 aliphatic carbocycles. The zero-order valence-electron chi connectivity index (χ0n) is 18.5. The number of guanidine groups is 1. The fourth-order valence-corrected chi connectivity index (χ4v) is 3.34. The highest BCUT2D eigenvalue weighted by Gasteiger charge is 2.14. The van der Waals surface area contributed by atoms with Gasteiger partial charge in [-0.1, -0.05) is 24.3 Å². The van der Waals surface area contributed by atoms with E-state index in [-0.39, 0.29) is 0 Å². The summed E-state index contributed by atoms with van der Waals surface area (Å²) >= 11 is 0. The van der Waals surface area contributed by atoms with Gasteiger partial charge in [-0.25, -0.2) is 4.99 Å². The molecule has 0 unspecified atom stereocenters. The highest BCUT2D eigenvalue weighted by atomic mass is 16.5. The van der Waals surface area contributed by atoms with Crippen LogP contribution in [0.1, 0.15) is 43.1 Å². The van der Waals surface area contributed by atoms with Gasteiger partial charge in [0, 0.05) is 32.9 Å². The normalized spacial score (nSPS) is 15.2. The van der Waals surface area contributed by atoms with Crippen molar-refractivity contribution in [2.24, 2.45) is 4.99 Å². The lowest BCUT2D eigenvalue weighted by atomic mass is 10.1. The van der Waals surface area contributed by atoms with Crippen LogP contribution < -0.4 is 10.6 Å². The summed E-state index contributed by atoms with van der Waals surface area (Å²) in [7, 11) is 0. The minimum absolute atomic E-state index is 0.308. The van der Waals surface area contributed by atoms with Crippen LogP contribution in [0.15, 0.2) is 52.1 Å². The molecule has 0 radical (unpaired) electrons. The van der Waals surface area contributed by atoms with Gasteiger partial charge >= 0.3 is 0 Å². The Labute approximate surface area is 185 Å². The highest BCUT2D eigenvalue weighted by Crippen LogP contribution is 2.14. The molecule has 0 atom stereocenters. The average Bonchev–Trinajstić information content (AvgIpc) is 3.33. The smallest absolute Gasteiger partial charge is 0.191 e. The summed E-state index contributed by atoms with van der Waals surface area (Å²) in [5, 5.41) is 6.66. The zero-order valence-corrected chi connectivity index (χ0v) is 18.5. The molecule has 1 aliphatic rings. The molecule has 1 saturated heterocycles. The number of nitrogens with zero attached hydrogens (tertiary/aromatic N) is 1. The van der Waals surface area contributed by atoms with E-state index in [4.69, 9.17) is 23.6 Å². The first-order valence-corrected chi connectivity index (χ1v) is 11.2. The maximum atomic E-state index is 6.04. The Balaban J connectivity index is 1.38. The molecular weight excluding hydrogens is 394 g/mol. The third-order valence-electron chi connectivity index (χ3n) is 4.99. The van der Waals surface area contributed by atoms with Crippen LogP contribution in [0.5, 0.6) is 0 Å². The Bertz CT molecular complexity index is 758. The predicted octanol–water partition coefficient (Wildman–Crippen LogP) is 3.64. The van der Waals surface area contributed by atoms with E-state index in [1.54, 1.807) is 6.26 Å². The minimum atomic E-state index is 0.308. The summed E-state index contributed by atoms with van der Waals surface area (Å²) in [6.07, 6.45) is 4.83. The van der Waals surface area contributed by atoms with Crippen molar-refractivity contribution in [2.45, 2.75) is 52.0 Å². The van der Waals surface area contributed by atoms with Gasteiger partial charge in [-0.05, 0) is 49.4 Å². The van der Waals surface area contributed by atoms with Gasteiger partial charge < -0.3 is 29.3 Å². The quantitative estimate of drug-likeness (QED) is 0.305. The molecule has 7 heteroatoms. The molecule has 170 valence electrons. The first-order valence-electron chi connectivity index (χ1n) is 11.2. The lowest BCUT2D eigenvalue weighted by Gasteiger charge is -2.22. The molecule has 0 saturated carbocycles. The number of hydrogen-bond donors (Lipinski definition) is 2. The first kappa shape index (κ1) is 23.3. The van der Waals surface area contributed by atoms with E-state index in [2.05, 4.69) is 41.8 Å². The van der Waals surface area contributed by atoms with Gasteiger partial charge in [0.05, 0.1) is 25.5 Å². The van der Waals surface area contributed by atoms with Crippen LogP contribution in [-0.4, -0.2) is 45.0 Å². The van der Waals surface area contributed by atoms with Crippen molar-refractivity contribution < 1.29 is 18.6 Å². The minimum Gasteiger partial charge on any atom is -0.467 e. The molecule has 1 aliphatic heterocycles. The summed E-state index contributed by atoms with van der Waals surface area (Å²) in [5.41, 5.74) is 2.36. The molecule has 0 bridgehead atoms. The number of aliphatic imine (C=N–C) groups is 1. The van der Waals surface area contributed by atoms with Crippen LogP contribution in [-0.2, 0) is 34.0 Å². The molecule has 1 aromatic heterocycles. The van der Waals surface area contributed by atoms with Gasteiger partial charge in [-0.15, -0.1) is 0 Å². The zero-order chi connectivity index (χ0) is 21.6. The second-order valence-corrected chi connectivity index (χ2v) is 7.55. The largest absolute Gasteiger partial charge is 0.467 e. The molecule has 2 heterocycles. The summed E-state index contributed by atoms with van der Waals surface area (Å²) in [4.78, 5) is 4.71. The van der Waals surface area contributed by atoms with Gasteiger partial charge in [-0.2, -0.15) is 0 Å². The third-order valence-corrected chi connectivity index (χ3v) is 4.99. The fraction of sp³-hybridized carbons (Fsp3) is 0.542. The second-order valence-electron chi connectivity index (χ2n) is 7.55. The van der Waals surface area contributed by atoms with Crippen LogP contribution in [0, 0.1) is 0 Å². The van der Waals surface area contributed by atoms with Gasteiger partial charge in [0.1, 0.15) is 12.4 Å². The summed E-state index contributed by atoms with van der Waals surface area (Å²) in [6.45, 7) is 7.72. The van der Waals surface area contributed by atoms with Crippen LogP contribution >= 0.6 is 0 Å². The van der Waals surface area contributed by atoms with Crippen LogP contribution in [0.2, 0.25) is 0 Å². The highest BCUT2D eigenvalue weighted by molar-refractivity contribution is 5.79. The summed E-state index contributed by atoms with van der Waals surface area (Å²) < 4.78 is 22.3. The molecule has 2 aromatic rings. The standard InChI is InChI=1S/C24H35N3O4/c1-2-25-24(26-11-5-12-29-19-23-8-4-13-30-23)27-17-20-6-3-7-21(16-20)18-31-22-9-14-28-15-10-22/h3-4,6-8,13,16,22H,2,5,9-12,14-15,17-19H2,1H3,(H2,25,26,27). The van der Waals surface area contributed by atoms with Crippen molar-refractivity contribution >= 4 is 5.96 Å². The molecule has 2 N–H and O–H groups in total. The van der Waals surface area contributed by atoms with E-state index in [1.807, 2.05) is 12.1 Å². The monoisotopic (exact) mass is 429 g/mol. The molecule has 7 nitrogen and oxygen atoms in total. The topological polar surface area (TPSA) is 77.3 Å². The maximum Gasteiger partial charge on any atom is 0.191 e. The first-order chi connectivity index (χ1) is 15.3. The Morgan fingerprint density at radius 2 is 1.97 bits per heavy atom. The van der Waals surface area contributed by atoms with Crippen molar-refractivity contribution in [1.29, 1.82) is 0 Å². The molecule has 0 amide bonds. The number of hydrogen-bond acceptors (Lipinski definition) is 5. The molecule has 0 spiro atoms. The summed E-state index contributed by atoms with van der Waals surface area (Å²) in [6, 6.07) is 12.2. The van der Waals surface area contributed by atoms with Crippen molar-refractivity contribution in [3.05, 3.63) is 59.5 Å². The Kier molecular flexibility index (Phi) is 10.4. The van der Waals surface area contributed by atoms with E-state index in [0.717, 1.165) is 57.3 Å². The second kappa shape index (κ2) is 13.9.